The van der Waals surface area contributed by atoms with Gasteiger partial charge in [-0.1, -0.05) is 0 Å². The third-order valence-corrected chi connectivity index (χ3v) is 2.05. The highest BCUT2D eigenvalue weighted by Gasteiger charge is 2.18. The van der Waals surface area contributed by atoms with E-state index >= 15 is 0 Å². The predicted molar refractivity (Wildman–Crippen MR) is 47.2 cm³/mol. The fourth-order valence-corrected chi connectivity index (χ4v) is 1.39. The van der Waals surface area contributed by atoms with Crippen LogP contribution in [0.2, 0.25) is 0 Å². The first-order valence-electron chi connectivity index (χ1n) is 4.51. The van der Waals surface area contributed by atoms with Crippen molar-refractivity contribution in [3.63, 3.8) is 0 Å². The minimum Gasteiger partial charge on any atom is -0.338 e. The fourth-order valence-electron chi connectivity index (χ4n) is 1.39. The first-order valence-corrected chi connectivity index (χ1v) is 4.51. The summed E-state index contributed by atoms with van der Waals surface area (Å²) >= 11 is 0. The zero-order chi connectivity index (χ0) is 9.97. The van der Waals surface area contributed by atoms with Crippen LogP contribution in [0, 0.1) is 0 Å². The van der Waals surface area contributed by atoms with Crippen LogP contribution < -0.4 is 5.32 Å². The Morgan fingerprint density at radius 1 is 1.57 bits per heavy atom. The molecular formula is C7H12N6O. The second kappa shape index (κ2) is 3.60. The minimum atomic E-state index is -0.0521. The van der Waals surface area contributed by atoms with Gasteiger partial charge in [-0.15, -0.1) is 10.2 Å². The first-order chi connectivity index (χ1) is 6.75. The molecule has 0 aromatic carbocycles. The average Bonchev–Trinajstić information content (AvgIpc) is 2.56. The maximum atomic E-state index is 11.3. The molecule has 1 fully saturated rings. The second-order valence-electron chi connectivity index (χ2n) is 3.20. The lowest BCUT2D eigenvalue weighted by Crippen LogP contribution is -2.45. The van der Waals surface area contributed by atoms with E-state index in [-0.39, 0.29) is 6.03 Å². The molecular weight excluding hydrogens is 184 g/mol. The third-order valence-electron chi connectivity index (χ3n) is 2.05. The van der Waals surface area contributed by atoms with E-state index in [1.165, 1.54) is 4.80 Å². The Labute approximate surface area is 81.1 Å². The van der Waals surface area contributed by atoms with Crippen molar-refractivity contribution in [2.75, 3.05) is 13.1 Å². The number of carbonyl (C=O) groups excluding carboxylic acids is 1. The Balaban J connectivity index is 1.99. The predicted octanol–water partition coefficient (Wildman–Crippen LogP) is -0.875. The SMILES string of the molecule is Cn1nnc(CN2CCCNC2=O)n1. The second-order valence-corrected chi connectivity index (χ2v) is 3.20. The number of rotatable bonds is 2. The first kappa shape index (κ1) is 8.92. The van der Waals surface area contributed by atoms with Crippen molar-refractivity contribution in [2.45, 2.75) is 13.0 Å². The van der Waals surface area contributed by atoms with Gasteiger partial charge in [-0.3, -0.25) is 0 Å². The molecule has 0 unspecified atom stereocenters. The van der Waals surface area contributed by atoms with Crippen molar-refractivity contribution in [1.82, 2.24) is 30.4 Å². The number of aromatic nitrogens is 4. The van der Waals surface area contributed by atoms with Gasteiger partial charge in [0, 0.05) is 13.1 Å². The minimum absolute atomic E-state index is 0.0521. The van der Waals surface area contributed by atoms with E-state index in [1.54, 1.807) is 11.9 Å². The maximum Gasteiger partial charge on any atom is 0.317 e. The highest BCUT2D eigenvalue weighted by Crippen LogP contribution is 2.02. The molecule has 1 N–H and O–H groups in total. The van der Waals surface area contributed by atoms with E-state index in [1.807, 2.05) is 0 Å². The van der Waals surface area contributed by atoms with Crippen LogP contribution >= 0.6 is 0 Å². The number of amides is 2. The summed E-state index contributed by atoms with van der Waals surface area (Å²) in [5.41, 5.74) is 0. The normalized spacial score (nSPS) is 16.9. The molecule has 2 rings (SSSR count). The van der Waals surface area contributed by atoms with E-state index < -0.39 is 0 Å². The van der Waals surface area contributed by atoms with Crippen molar-refractivity contribution in [3.8, 4) is 0 Å². The molecule has 1 saturated heterocycles. The zero-order valence-corrected chi connectivity index (χ0v) is 7.97. The molecule has 0 radical (unpaired) electrons. The van der Waals surface area contributed by atoms with Gasteiger partial charge in [0.25, 0.3) is 0 Å². The van der Waals surface area contributed by atoms with Crippen molar-refractivity contribution in [1.29, 1.82) is 0 Å². The molecule has 2 amide bonds. The van der Waals surface area contributed by atoms with Crippen LogP contribution in [0.3, 0.4) is 0 Å². The molecule has 0 bridgehead atoms. The molecule has 0 spiro atoms. The molecule has 2 heterocycles. The Morgan fingerprint density at radius 2 is 2.43 bits per heavy atom. The van der Waals surface area contributed by atoms with Crippen LogP contribution in [0.5, 0.6) is 0 Å². The molecule has 1 aliphatic rings. The molecule has 0 saturated carbocycles. The molecule has 1 aliphatic heterocycles. The van der Waals surface area contributed by atoms with Gasteiger partial charge in [0.2, 0.25) is 0 Å². The Hall–Kier alpha value is -1.66. The van der Waals surface area contributed by atoms with Crippen LogP contribution in [0.25, 0.3) is 0 Å². The largest absolute Gasteiger partial charge is 0.338 e. The Bertz CT molecular complexity index is 335. The summed E-state index contributed by atoms with van der Waals surface area (Å²) in [6, 6.07) is -0.0521. The van der Waals surface area contributed by atoms with Crippen LogP contribution in [0.15, 0.2) is 0 Å². The topological polar surface area (TPSA) is 75.9 Å². The van der Waals surface area contributed by atoms with Gasteiger partial charge in [-0.25, -0.2) is 4.79 Å². The summed E-state index contributed by atoms with van der Waals surface area (Å²) in [6.07, 6.45) is 0.964. The van der Waals surface area contributed by atoms with Crippen molar-refractivity contribution in [2.24, 2.45) is 7.05 Å². The molecule has 7 nitrogen and oxygen atoms in total. The van der Waals surface area contributed by atoms with Crippen molar-refractivity contribution < 1.29 is 4.79 Å². The number of nitrogens with one attached hydrogen (secondary N) is 1. The monoisotopic (exact) mass is 196 g/mol. The van der Waals surface area contributed by atoms with E-state index in [0.717, 1.165) is 19.5 Å². The Morgan fingerprint density at radius 3 is 3.07 bits per heavy atom. The summed E-state index contributed by atoms with van der Waals surface area (Å²) in [6.45, 7) is 1.94. The molecule has 76 valence electrons. The summed E-state index contributed by atoms with van der Waals surface area (Å²) in [7, 11) is 1.70. The molecule has 1 aromatic heterocycles. The zero-order valence-electron chi connectivity index (χ0n) is 7.97. The van der Waals surface area contributed by atoms with Crippen LogP contribution in [0.4, 0.5) is 4.79 Å². The van der Waals surface area contributed by atoms with Gasteiger partial charge in [-0.05, 0) is 11.6 Å². The number of aryl methyl sites for hydroxylation is 1. The number of hydrogen-bond acceptors (Lipinski definition) is 4. The quantitative estimate of drug-likeness (QED) is 0.666. The molecule has 1 aromatic rings. The highest BCUT2D eigenvalue weighted by atomic mass is 16.2. The molecule has 14 heavy (non-hydrogen) atoms. The van der Waals surface area contributed by atoms with Crippen LogP contribution in [0.1, 0.15) is 12.2 Å². The van der Waals surface area contributed by atoms with Gasteiger partial charge in [-0.2, -0.15) is 4.80 Å². The van der Waals surface area contributed by atoms with Crippen LogP contribution in [-0.2, 0) is 13.6 Å². The van der Waals surface area contributed by atoms with E-state index in [2.05, 4.69) is 20.7 Å². The molecule has 0 atom stereocenters. The summed E-state index contributed by atoms with van der Waals surface area (Å²) in [5, 5.41) is 14.3. The smallest absolute Gasteiger partial charge is 0.317 e. The standard InChI is InChI=1S/C7H12N6O/c1-12-10-6(9-11-12)5-13-4-2-3-8-7(13)14/h2-5H2,1H3,(H,8,14). The van der Waals surface area contributed by atoms with Gasteiger partial charge >= 0.3 is 6.03 Å². The van der Waals surface area contributed by atoms with Crippen LogP contribution in [-0.4, -0.2) is 44.2 Å². The third kappa shape index (κ3) is 1.81. The lowest BCUT2D eigenvalue weighted by Gasteiger charge is -2.25. The number of tetrazole rings is 1. The lowest BCUT2D eigenvalue weighted by atomic mass is 10.3. The summed E-state index contributed by atoms with van der Waals surface area (Å²) < 4.78 is 0. The summed E-state index contributed by atoms with van der Waals surface area (Å²) in [4.78, 5) is 14.4. The van der Waals surface area contributed by atoms with E-state index in [0.29, 0.717) is 12.4 Å². The average molecular weight is 196 g/mol. The van der Waals surface area contributed by atoms with Gasteiger partial charge in [0.15, 0.2) is 5.82 Å². The fraction of sp³-hybridized carbons (Fsp3) is 0.714. The number of urea groups is 1. The Kier molecular flexibility index (Phi) is 2.30. The number of carbonyl (C=O) groups is 1. The highest BCUT2D eigenvalue weighted by molar-refractivity contribution is 5.74. The van der Waals surface area contributed by atoms with Gasteiger partial charge in [0.05, 0.1) is 13.6 Å². The maximum absolute atomic E-state index is 11.3. The van der Waals surface area contributed by atoms with E-state index in [9.17, 15) is 4.79 Å². The van der Waals surface area contributed by atoms with Crippen molar-refractivity contribution in [3.05, 3.63) is 5.82 Å². The number of hydrogen-bond donors (Lipinski definition) is 1. The lowest BCUT2D eigenvalue weighted by molar-refractivity contribution is 0.181. The van der Waals surface area contributed by atoms with Gasteiger partial charge < -0.3 is 10.2 Å². The van der Waals surface area contributed by atoms with E-state index in [4.69, 9.17) is 0 Å². The van der Waals surface area contributed by atoms with Gasteiger partial charge in [0.1, 0.15) is 0 Å². The molecule has 7 heteroatoms. The van der Waals surface area contributed by atoms with Crippen molar-refractivity contribution >= 4 is 6.03 Å². The molecule has 0 aliphatic carbocycles. The number of nitrogens with zero attached hydrogens (tertiary/aromatic N) is 5. The summed E-state index contributed by atoms with van der Waals surface area (Å²) in [5.74, 6) is 0.574.